The number of anilines is 2. The first-order valence-corrected chi connectivity index (χ1v) is 12.7. The monoisotopic (exact) mass is 503 g/mol. The van der Waals surface area contributed by atoms with Crippen molar-refractivity contribution in [1.82, 2.24) is 15.3 Å². The topological polar surface area (TPSA) is 79.8 Å². The molecular weight excluding hydrogens is 474 g/mol. The van der Waals surface area contributed by atoms with Crippen LogP contribution in [0.5, 0.6) is 11.5 Å². The van der Waals surface area contributed by atoms with Crippen LogP contribution in [-0.4, -0.2) is 56.3 Å². The second kappa shape index (κ2) is 10.4. The molecule has 0 aliphatic carbocycles. The second-order valence-electron chi connectivity index (χ2n) is 8.57. The number of ether oxygens (including phenoxy) is 2. The van der Waals surface area contributed by atoms with Crippen molar-refractivity contribution in [3.8, 4) is 11.5 Å². The van der Waals surface area contributed by atoms with Gasteiger partial charge in [-0.25, -0.2) is 9.97 Å². The largest absolute Gasteiger partial charge is 0.496 e. The maximum atomic E-state index is 13.1. The number of nitrogens with one attached hydrogen (secondary N) is 1. The molecule has 1 aliphatic heterocycles. The molecular formula is C27H29N5O3S. The summed E-state index contributed by atoms with van der Waals surface area (Å²) in [7, 11) is 3.34. The van der Waals surface area contributed by atoms with Crippen LogP contribution < -0.4 is 24.6 Å². The van der Waals surface area contributed by atoms with E-state index in [1.54, 1.807) is 20.5 Å². The maximum Gasteiger partial charge on any atom is 0.261 e. The van der Waals surface area contributed by atoms with Gasteiger partial charge in [0.05, 0.1) is 30.2 Å². The summed E-state index contributed by atoms with van der Waals surface area (Å²) >= 11 is 1.41. The van der Waals surface area contributed by atoms with Crippen LogP contribution in [0.2, 0.25) is 0 Å². The molecule has 5 rings (SSSR count). The Labute approximate surface area is 214 Å². The number of hydrogen-bond donors (Lipinski definition) is 1. The van der Waals surface area contributed by atoms with E-state index in [0.29, 0.717) is 11.4 Å². The van der Waals surface area contributed by atoms with Gasteiger partial charge in [0.1, 0.15) is 28.5 Å². The van der Waals surface area contributed by atoms with Gasteiger partial charge in [0.25, 0.3) is 5.91 Å². The Morgan fingerprint density at radius 2 is 1.61 bits per heavy atom. The number of rotatable bonds is 7. The van der Waals surface area contributed by atoms with E-state index in [-0.39, 0.29) is 5.91 Å². The minimum absolute atomic E-state index is 0.117. The van der Waals surface area contributed by atoms with Gasteiger partial charge in [-0.15, -0.1) is 11.3 Å². The lowest BCUT2D eigenvalue weighted by Gasteiger charge is -2.37. The number of aryl methyl sites for hydroxylation is 1. The van der Waals surface area contributed by atoms with E-state index in [0.717, 1.165) is 70.5 Å². The first-order valence-electron chi connectivity index (χ1n) is 11.9. The number of methoxy groups -OCH3 is 2. The lowest BCUT2D eigenvalue weighted by Crippen LogP contribution is -2.47. The van der Waals surface area contributed by atoms with Crippen LogP contribution in [0.3, 0.4) is 0 Å². The van der Waals surface area contributed by atoms with Crippen LogP contribution in [0.4, 0.5) is 11.5 Å². The van der Waals surface area contributed by atoms with Crippen LogP contribution in [0.1, 0.15) is 20.8 Å². The van der Waals surface area contributed by atoms with Gasteiger partial charge in [-0.2, -0.15) is 0 Å². The standard InChI is InChI=1S/C27H29N5O3S/c1-18-23-25(32-14-12-31(13-15-32)20-9-5-7-11-22(20)35-3)29-17-30-27(23)36-24(18)26(33)28-16-19-8-4-6-10-21(19)34-2/h4-11,17H,12-16H2,1-3H3,(H,28,33). The zero-order valence-corrected chi connectivity index (χ0v) is 21.5. The number of hydrogen-bond acceptors (Lipinski definition) is 8. The first-order chi connectivity index (χ1) is 17.6. The summed E-state index contributed by atoms with van der Waals surface area (Å²) in [5, 5.41) is 3.99. The van der Waals surface area contributed by atoms with Gasteiger partial charge in [0.15, 0.2) is 0 Å². The third kappa shape index (κ3) is 4.54. The number of thiophene rings is 1. The second-order valence-corrected chi connectivity index (χ2v) is 9.57. The fourth-order valence-corrected chi connectivity index (χ4v) is 5.72. The highest BCUT2D eigenvalue weighted by Crippen LogP contribution is 2.36. The molecule has 0 bridgehead atoms. The summed E-state index contributed by atoms with van der Waals surface area (Å²) in [5.41, 5.74) is 2.95. The van der Waals surface area contributed by atoms with Crippen LogP contribution >= 0.6 is 11.3 Å². The van der Waals surface area contributed by atoms with E-state index >= 15 is 0 Å². The predicted octanol–water partition coefficient (Wildman–Crippen LogP) is 4.27. The maximum absolute atomic E-state index is 13.1. The summed E-state index contributed by atoms with van der Waals surface area (Å²) < 4.78 is 11.0. The number of nitrogens with zero attached hydrogens (tertiary/aromatic N) is 4. The number of piperazine rings is 1. The molecule has 4 aromatic rings. The van der Waals surface area contributed by atoms with E-state index in [1.165, 1.54) is 11.3 Å². The van der Waals surface area contributed by atoms with Crippen LogP contribution in [-0.2, 0) is 6.54 Å². The molecule has 3 heterocycles. The Morgan fingerprint density at radius 3 is 2.36 bits per heavy atom. The number of fused-ring (bicyclic) bond motifs is 1. The lowest BCUT2D eigenvalue weighted by molar-refractivity contribution is 0.0954. The molecule has 186 valence electrons. The molecule has 0 spiro atoms. The molecule has 0 unspecified atom stereocenters. The Balaban J connectivity index is 1.34. The average Bonchev–Trinajstić information content (AvgIpc) is 3.28. The molecule has 2 aromatic carbocycles. The molecule has 8 nitrogen and oxygen atoms in total. The minimum Gasteiger partial charge on any atom is -0.496 e. The summed E-state index contributed by atoms with van der Waals surface area (Å²) in [6, 6.07) is 15.8. The van der Waals surface area contributed by atoms with Crippen molar-refractivity contribution in [3.05, 3.63) is 70.9 Å². The number of aromatic nitrogens is 2. The number of para-hydroxylation sites is 3. The highest BCUT2D eigenvalue weighted by atomic mass is 32.1. The van der Waals surface area contributed by atoms with E-state index in [4.69, 9.17) is 9.47 Å². The SMILES string of the molecule is COc1ccccc1CNC(=O)c1sc2ncnc(N3CCN(c4ccccc4OC)CC3)c2c1C. The fourth-order valence-electron chi connectivity index (χ4n) is 4.66. The Kier molecular flexibility index (Phi) is 6.90. The minimum atomic E-state index is -0.117. The van der Waals surface area contributed by atoms with Gasteiger partial charge in [-0.3, -0.25) is 4.79 Å². The third-order valence-electron chi connectivity index (χ3n) is 6.55. The van der Waals surface area contributed by atoms with E-state index in [9.17, 15) is 4.79 Å². The molecule has 1 saturated heterocycles. The smallest absolute Gasteiger partial charge is 0.261 e. The zero-order valence-electron chi connectivity index (χ0n) is 20.7. The van der Waals surface area contributed by atoms with Crippen LogP contribution in [0.15, 0.2) is 54.9 Å². The number of amides is 1. The van der Waals surface area contributed by atoms with Crippen molar-refractivity contribution < 1.29 is 14.3 Å². The normalized spacial score (nSPS) is 13.6. The zero-order chi connectivity index (χ0) is 25.1. The van der Waals surface area contributed by atoms with Crippen LogP contribution in [0, 0.1) is 6.92 Å². The molecule has 1 fully saturated rings. The lowest BCUT2D eigenvalue weighted by atomic mass is 10.1. The van der Waals surface area contributed by atoms with Crippen molar-refractivity contribution >= 4 is 39.0 Å². The van der Waals surface area contributed by atoms with Crippen molar-refractivity contribution in [3.63, 3.8) is 0 Å². The molecule has 0 radical (unpaired) electrons. The molecule has 9 heteroatoms. The van der Waals surface area contributed by atoms with E-state index in [1.807, 2.05) is 49.4 Å². The average molecular weight is 504 g/mol. The molecule has 2 aromatic heterocycles. The van der Waals surface area contributed by atoms with Gasteiger partial charge in [0.2, 0.25) is 0 Å². The molecule has 0 atom stereocenters. The highest BCUT2D eigenvalue weighted by molar-refractivity contribution is 7.20. The third-order valence-corrected chi connectivity index (χ3v) is 7.75. The Bertz CT molecular complexity index is 1380. The summed E-state index contributed by atoms with van der Waals surface area (Å²) in [4.78, 5) is 28.4. The Morgan fingerprint density at radius 1 is 0.944 bits per heavy atom. The number of benzene rings is 2. The van der Waals surface area contributed by atoms with Gasteiger partial charge in [-0.05, 0) is 30.7 Å². The van der Waals surface area contributed by atoms with Crippen molar-refractivity contribution in [2.45, 2.75) is 13.5 Å². The van der Waals surface area contributed by atoms with Crippen molar-refractivity contribution in [2.75, 3.05) is 50.2 Å². The molecule has 0 saturated carbocycles. The molecule has 1 amide bonds. The quantitative estimate of drug-likeness (QED) is 0.403. The van der Waals surface area contributed by atoms with Gasteiger partial charge < -0.3 is 24.6 Å². The van der Waals surface area contributed by atoms with Crippen molar-refractivity contribution in [2.24, 2.45) is 0 Å². The Hall–Kier alpha value is -3.85. The molecule has 1 aliphatic rings. The molecule has 36 heavy (non-hydrogen) atoms. The summed E-state index contributed by atoms with van der Waals surface area (Å²) in [6.07, 6.45) is 1.59. The highest BCUT2D eigenvalue weighted by Gasteiger charge is 2.25. The van der Waals surface area contributed by atoms with Gasteiger partial charge >= 0.3 is 0 Å². The molecule has 1 N–H and O–H groups in total. The van der Waals surface area contributed by atoms with Crippen LogP contribution in [0.25, 0.3) is 10.2 Å². The van der Waals surface area contributed by atoms with Gasteiger partial charge in [-0.1, -0.05) is 30.3 Å². The van der Waals surface area contributed by atoms with Gasteiger partial charge in [0, 0.05) is 38.3 Å². The summed E-state index contributed by atoms with van der Waals surface area (Å²) in [6.45, 7) is 5.70. The first kappa shape index (κ1) is 23.9. The predicted molar refractivity (Wildman–Crippen MR) is 144 cm³/mol. The van der Waals surface area contributed by atoms with E-state index in [2.05, 4.69) is 31.2 Å². The summed E-state index contributed by atoms with van der Waals surface area (Å²) in [5.74, 6) is 2.41. The fraction of sp³-hybridized carbons (Fsp3) is 0.296. The van der Waals surface area contributed by atoms with E-state index < -0.39 is 0 Å². The van der Waals surface area contributed by atoms with Crippen molar-refractivity contribution in [1.29, 1.82) is 0 Å². The number of carbonyl (C=O) groups excluding carboxylic acids is 1. The number of carbonyl (C=O) groups is 1.